The number of aromatic amines is 1. The number of nitrogens with two attached hydrogens (primary N) is 1. The number of hydrogen-bond acceptors (Lipinski definition) is 3. The molecule has 0 spiro atoms. The molecule has 0 saturated heterocycles. The zero-order chi connectivity index (χ0) is 12.4. The van der Waals surface area contributed by atoms with Gasteiger partial charge in [-0.05, 0) is 28.1 Å². The zero-order valence-electron chi connectivity index (χ0n) is 8.87. The van der Waals surface area contributed by atoms with Gasteiger partial charge in [0.15, 0.2) is 0 Å². The van der Waals surface area contributed by atoms with Crippen LogP contribution in [0.4, 0.5) is 0 Å². The molecule has 3 N–H and O–H groups in total. The van der Waals surface area contributed by atoms with Crippen LogP contribution in [0.15, 0.2) is 22.7 Å². The molecule has 1 aromatic heterocycles. The van der Waals surface area contributed by atoms with Crippen molar-refractivity contribution in [1.82, 2.24) is 9.97 Å². The molecule has 0 fully saturated rings. The van der Waals surface area contributed by atoms with Crippen molar-refractivity contribution in [2.24, 2.45) is 5.73 Å². The highest BCUT2D eigenvalue weighted by molar-refractivity contribution is 9.10. The summed E-state index contributed by atoms with van der Waals surface area (Å²) >= 11 is 8.66. The number of aromatic nitrogens is 2. The van der Waals surface area contributed by atoms with Crippen LogP contribution in [0.25, 0.3) is 10.9 Å². The molecule has 6 heteroatoms. The standard InChI is InChI=1S/C11H10BrN3OS/c12-6-2-1-3-7-10(6)11(17)15-9(14-7)5-4-8(13)16/h1-3H,4-5H2,(H2,13,16)(H,14,15,17). The SMILES string of the molecule is NC(=O)CCc1nc(=S)c2c(Br)cccc2[nH]1. The maximum atomic E-state index is 10.7. The van der Waals surface area contributed by atoms with Crippen molar-refractivity contribution in [3.63, 3.8) is 0 Å². The fraction of sp³-hybridized carbons (Fsp3) is 0.182. The maximum Gasteiger partial charge on any atom is 0.217 e. The van der Waals surface area contributed by atoms with Crippen molar-refractivity contribution in [2.75, 3.05) is 0 Å². The average molecular weight is 312 g/mol. The van der Waals surface area contributed by atoms with Crippen molar-refractivity contribution in [3.05, 3.63) is 33.1 Å². The number of rotatable bonds is 3. The number of amides is 1. The molecule has 0 saturated carbocycles. The largest absolute Gasteiger partial charge is 0.370 e. The summed E-state index contributed by atoms with van der Waals surface area (Å²) in [5.74, 6) is 0.333. The minimum absolute atomic E-state index is 0.262. The third-order valence-electron chi connectivity index (χ3n) is 2.35. The number of nitrogens with one attached hydrogen (secondary N) is 1. The highest BCUT2D eigenvalue weighted by atomic mass is 79.9. The van der Waals surface area contributed by atoms with Crippen molar-refractivity contribution >= 4 is 45.0 Å². The van der Waals surface area contributed by atoms with Gasteiger partial charge in [0.1, 0.15) is 10.5 Å². The van der Waals surface area contributed by atoms with Gasteiger partial charge in [-0.1, -0.05) is 18.3 Å². The van der Waals surface area contributed by atoms with Crippen LogP contribution in [-0.2, 0) is 11.2 Å². The van der Waals surface area contributed by atoms with E-state index in [1.807, 2.05) is 18.2 Å². The average Bonchev–Trinajstić information content (AvgIpc) is 2.26. The number of fused-ring (bicyclic) bond motifs is 1. The lowest BCUT2D eigenvalue weighted by Crippen LogP contribution is -2.12. The number of nitrogens with zero attached hydrogens (tertiary/aromatic N) is 1. The highest BCUT2D eigenvalue weighted by Crippen LogP contribution is 2.23. The van der Waals surface area contributed by atoms with E-state index in [9.17, 15) is 4.79 Å². The minimum atomic E-state index is -0.347. The monoisotopic (exact) mass is 311 g/mol. The molecule has 0 atom stereocenters. The van der Waals surface area contributed by atoms with E-state index in [1.165, 1.54) is 0 Å². The molecule has 1 aromatic carbocycles. The van der Waals surface area contributed by atoms with Crippen LogP contribution in [0.1, 0.15) is 12.2 Å². The first-order chi connectivity index (χ1) is 8.08. The van der Waals surface area contributed by atoms with Crippen molar-refractivity contribution in [2.45, 2.75) is 12.8 Å². The Morgan fingerprint density at radius 3 is 3.00 bits per heavy atom. The van der Waals surface area contributed by atoms with E-state index in [-0.39, 0.29) is 12.3 Å². The lowest BCUT2D eigenvalue weighted by atomic mass is 10.2. The Bertz CT molecular complexity index is 638. The van der Waals surface area contributed by atoms with Crippen LogP contribution in [-0.4, -0.2) is 15.9 Å². The van der Waals surface area contributed by atoms with Gasteiger partial charge in [0.2, 0.25) is 5.91 Å². The van der Waals surface area contributed by atoms with E-state index in [2.05, 4.69) is 25.9 Å². The number of H-pyrrole nitrogens is 1. The predicted molar refractivity (Wildman–Crippen MR) is 72.1 cm³/mol. The summed E-state index contributed by atoms with van der Waals surface area (Å²) in [4.78, 5) is 18.1. The van der Waals surface area contributed by atoms with Crippen molar-refractivity contribution < 1.29 is 4.79 Å². The number of hydrogen-bond donors (Lipinski definition) is 2. The summed E-state index contributed by atoms with van der Waals surface area (Å²) in [6, 6.07) is 5.75. The summed E-state index contributed by atoms with van der Waals surface area (Å²) < 4.78 is 1.43. The van der Waals surface area contributed by atoms with Crippen LogP contribution in [0, 0.1) is 4.64 Å². The van der Waals surface area contributed by atoms with E-state index in [0.717, 1.165) is 15.4 Å². The Hall–Kier alpha value is -1.27. The molecule has 1 amide bonds. The van der Waals surface area contributed by atoms with Gasteiger partial charge in [-0.15, -0.1) is 0 Å². The van der Waals surface area contributed by atoms with Crippen molar-refractivity contribution in [1.29, 1.82) is 0 Å². The van der Waals surface area contributed by atoms with E-state index in [4.69, 9.17) is 18.0 Å². The number of benzene rings is 1. The summed E-state index contributed by atoms with van der Waals surface area (Å²) in [7, 11) is 0. The first-order valence-corrected chi connectivity index (χ1v) is 6.24. The maximum absolute atomic E-state index is 10.7. The fourth-order valence-electron chi connectivity index (χ4n) is 1.57. The summed E-state index contributed by atoms with van der Waals surface area (Å²) in [6.45, 7) is 0. The second-order valence-corrected chi connectivity index (χ2v) is 4.86. The van der Waals surface area contributed by atoms with Gasteiger partial charge < -0.3 is 10.7 Å². The second kappa shape index (κ2) is 4.93. The minimum Gasteiger partial charge on any atom is -0.370 e. The lowest BCUT2D eigenvalue weighted by molar-refractivity contribution is -0.118. The number of aryl methyl sites for hydroxylation is 1. The van der Waals surface area contributed by atoms with Crippen molar-refractivity contribution in [3.8, 4) is 0 Å². The Morgan fingerprint density at radius 1 is 1.53 bits per heavy atom. The Labute approximate surface area is 111 Å². The van der Waals surface area contributed by atoms with E-state index in [1.54, 1.807) is 0 Å². The van der Waals surface area contributed by atoms with Gasteiger partial charge in [0, 0.05) is 22.7 Å². The van der Waals surface area contributed by atoms with E-state index >= 15 is 0 Å². The topological polar surface area (TPSA) is 71.8 Å². The molecular weight excluding hydrogens is 302 g/mol. The molecule has 1 heterocycles. The third kappa shape index (κ3) is 2.70. The van der Waals surface area contributed by atoms with Crippen LogP contribution >= 0.6 is 28.1 Å². The van der Waals surface area contributed by atoms with Crippen LogP contribution in [0.2, 0.25) is 0 Å². The van der Waals surface area contributed by atoms with Gasteiger partial charge in [0.05, 0.1) is 5.52 Å². The van der Waals surface area contributed by atoms with Crippen LogP contribution < -0.4 is 5.73 Å². The van der Waals surface area contributed by atoms with Crippen LogP contribution in [0.5, 0.6) is 0 Å². The Morgan fingerprint density at radius 2 is 2.29 bits per heavy atom. The smallest absolute Gasteiger partial charge is 0.217 e. The van der Waals surface area contributed by atoms with Crippen LogP contribution in [0.3, 0.4) is 0 Å². The molecule has 0 aliphatic heterocycles. The number of halogens is 1. The fourth-order valence-corrected chi connectivity index (χ4v) is 2.58. The number of carbonyl (C=O) groups is 1. The molecule has 2 rings (SSSR count). The Kier molecular flexibility index (Phi) is 3.54. The lowest BCUT2D eigenvalue weighted by Gasteiger charge is -2.04. The van der Waals surface area contributed by atoms with Gasteiger partial charge in [-0.3, -0.25) is 4.79 Å². The van der Waals surface area contributed by atoms with E-state index in [0.29, 0.717) is 16.9 Å². The number of carbonyl (C=O) groups excluding carboxylic acids is 1. The zero-order valence-corrected chi connectivity index (χ0v) is 11.3. The first kappa shape index (κ1) is 12.2. The Balaban J connectivity index is 2.49. The molecule has 4 nitrogen and oxygen atoms in total. The number of primary amides is 1. The third-order valence-corrected chi connectivity index (χ3v) is 3.31. The molecule has 0 radical (unpaired) electrons. The van der Waals surface area contributed by atoms with Gasteiger partial charge in [0.25, 0.3) is 0 Å². The molecule has 0 bridgehead atoms. The summed E-state index contributed by atoms with van der Waals surface area (Å²) in [5.41, 5.74) is 6.00. The normalized spacial score (nSPS) is 10.6. The van der Waals surface area contributed by atoms with Gasteiger partial charge >= 0.3 is 0 Å². The molecule has 0 aliphatic rings. The molecule has 0 aliphatic carbocycles. The van der Waals surface area contributed by atoms with Gasteiger partial charge in [-0.2, -0.15) is 0 Å². The molecule has 88 valence electrons. The molecule has 2 aromatic rings. The molecule has 0 unspecified atom stereocenters. The summed E-state index contributed by atoms with van der Waals surface area (Å²) in [5, 5.41) is 0.880. The first-order valence-electron chi connectivity index (χ1n) is 5.03. The van der Waals surface area contributed by atoms with E-state index < -0.39 is 0 Å². The predicted octanol–water partition coefficient (Wildman–Crippen LogP) is 2.47. The summed E-state index contributed by atoms with van der Waals surface area (Å²) in [6.07, 6.45) is 0.735. The second-order valence-electron chi connectivity index (χ2n) is 3.62. The molecule has 17 heavy (non-hydrogen) atoms. The van der Waals surface area contributed by atoms with Gasteiger partial charge in [-0.25, -0.2) is 4.98 Å². The molecular formula is C11H10BrN3OS. The highest BCUT2D eigenvalue weighted by Gasteiger charge is 2.05. The quantitative estimate of drug-likeness (QED) is 0.855.